The number of aromatic nitrogens is 2. The number of nitrogens with one attached hydrogen (secondary N) is 2. The summed E-state index contributed by atoms with van der Waals surface area (Å²) in [5.41, 5.74) is 4.08. The van der Waals surface area contributed by atoms with Gasteiger partial charge in [0, 0.05) is 46.2 Å². The van der Waals surface area contributed by atoms with Crippen LogP contribution in [0.4, 0.5) is 18.9 Å². The molecule has 0 spiro atoms. The number of para-hydroxylation sites is 1. The van der Waals surface area contributed by atoms with Gasteiger partial charge in [-0.1, -0.05) is 18.2 Å². The molecule has 0 aliphatic carbocycles. The van der Waals surface area contributed by atoms with Crippen molar-refractivity contribution in [2.75, 3.05) is 5.32 Å². The van der Waals surface area contributed by atoms with Crippen molar-refractivity contribution < 1.29 is 13.2 Å². The van der Waals surface area contributed by atoms with Crippen molar-refractivity contribution in [3.8, 4) is 11.1 Å². The number of benzene rings is 2. The fourth-order valence-corrected chi connectivity index (χ4v) is 3.62. The molecular weight excluding hydrogens is 339 g/mol. The van der Waals surface area contributed by atoms with Crippen LogP contribution >= 0.6 is 0 Å². The first-order valence-corrected chi connectivity index (χ1v) is 8.10. The van der Waals surface area contributed by atoms with Crippen molar-refractivity contribution in [1.82, 2.24) is 9.97 Å². The second-order valence-electron chi connectivity index (χ2n) is 6.24. The summed E-state index contributed by atoms with van der Waals surface area (Å²) < 4.78 is 41.8. The summed E-state index contributed by atoms with van der Waals surface area (Å²) >= 11 is 0. The molecule has 0 saturated heterocycles. The zero-order valence-corrected chi connectivity index (χ0v) is 13.4. The standard InChI is InChI=1S/C20H12F3N3/c21-14-8-16(23)15(22)7-12(14)19-13-9-25-20-18(13)11(5-6-24-20)10-3-1-2-4-17(10)26-19/h1-9,19,26H,(H,24,25). The Labute approximate surface area is 146 Å². The van der Waals surface area contributed by atoms with Crippen LogP contribution in [0.1, 0.15) is 17.2 Å². The highest BCUT2D eigenvalue weighted by Gasteiger charge is 2.28. The van der Waals surface area contributed by atoms with Crippen LogP contribution in [0.3, 0.4) is 0 Å². The van der Waals surface area contributed by atoms with Gasteiger partial charge in [0.25, 0.3) is 0 Å². The second kappa shape index (κ2) is 5.36. The molecule has 26 heavy (non-hydrogen) atoms. The summed E-state index contributed by atoms with van der Waals surface area (Å²) in [5, 5.41) is 4.11. The van der Waals surface area contributed by atoms with Gasteiger partial charge in [0.2, 0.25) is 0 Å². The van der Waals surface area contributed by atoms with Gasteiger partial charge in [0.15, 0.2) is 11.6 Å². The fourth-order valence-electron chi connectivity index (χ4n) is 3.62. The molecule has 1 unspecified atom stereocenters. The number of anilines is 1. The Morgan fingerprint density at radius 3 is 2.54 bits per heavy atom. The fraction of sp³-hybridized carbons (Fsp3) is 0.0500. The van der Waals surface area contributed by atoms with Crippen LogP contribution in [0.15, 0.2) is 54.9 Å². The molecule has 3 nitrogen and oxygen atoms in total. The van der Waals surface area contributed by atoms with Gasteiger partial charge in [-0.05, 0) is 23.8 Å². The third kappa shape index (κ3) is 2.05. The lowest BCUT2D eigenvalue weighted by Gasteiger charge is -2.20. The van der Waals surface area contributed by atoms with Crippen LogP contribution in [-0.2, 0) is 0 Å². The third-order valence-corrected chi connectivity index (χ3v) is 4.78. The molecule has 1 aliphatic heterocycles. The predicted molar refractivity (Wildman–Crippen MR) is 93.3 cm³/mol. The Bertz CT molecular complexity index is 1170. The number of hydrogen-bond acceptors (Lipinski definition) is 2. The van der Waals surface area contributed by atoms with Gasteiger partial charge in [0.1, 0.15) is 11.5 Å². The van der Waals surface area contributed by atoms with Crippen molar-refractivity contribution in [3.63, 3.8) is 0 Å². The Hall–Kier alpha value is -3.28. The smallest absolute Gasteiger partial charge is 0.161 e. The number of pyridine rings is 1. The monoisotopic (exact) mass is 351 g/mol. The largest absolute Gasteiger partial charge is 0.373 e. The van der Waals surface area contributed by atoms with Crippen molar-refractivity contribution in [1.29, 1.82) is 0 Å². The van der Waals surface area contributed by atoms with E-state index in [1.807, 2.05) is 30.3 Å². The summed E-state index contributed by atoms with van der Waals surface area (Å²) in [6.07, 6.45) is 3.43. The number of nitrogens with zero attached hydrogens (tertiary/aromatic N) is 1. The van der Waals surface area contributed by atoms with Gasteiger partial charge in [-0.3, -0.25) is 0 Å². The summed E-state index contributed by atoms with van der Waals surface area (Å²) in [6, 6.07) is 10.3. The minimum Gasteiger partial charge on any atom is -0.373 e. The maximum atomic E-state index is 14.5. The zero-order chi connectivity index (χ0) is 17.8. The van der Waals surface area contributed by atoms with E-state index < -0.39 is 23.5 Å². The highest BCUT2D eigenvalue weighted by molar-refractivity contribution is 6.01. The van der Waals surface area contributed by atoms with Crippen molar-refractivity contribution in [2.24, 2.45) is 0 Å². The SMILES string of the molecule is Fc1cc(F)c(C2Nc3ccccc3-c3ccnc4[nH]cc2c34)cc1F. The molecule has 0 saturated carbocycles. The number of fused-ring (bicyclic) bond motifs is 2. The van der Waals surface area contributed by atoms with Gasteiger partial charge in [0.05, 0.1) is 6.04 Å². The van der Waals surface area contributed by atoms with E-state index in [-0.39, 0.29) is 5.56 Å². The zero-order valence-electron chi connectivity index (χ0n) is 13.4. The van der Waals surface area contributed by atoms with Gasteiger partial charge >= 0.3 is 0 Å². The van der Waals surface area contributed by atoms with E-state index in [2.05, 4.69) is 15.3 Å². The molecule has 3 heterocycles. The summed E-state index contributed by atoms with van der Waals surface area (Å²) in [6.45, 7) is 0. The molecule has 2 N–H and O–H groups in total. The third-order valence-electron chi connectivity index (χ3n) is 4.78. The maximum absolute atomic E-state index is 14.5. The molecule has 2 aromatic carbocycles. The molecular formula is C20H12F3N3. The molecule has 0 amide bonds. The van der Waals surface area contributed by atoms with Crippen LogP contribution in [0.5, 0.6) is 0 Å². The molecule has 0 bridgehead atoms. The van der Waals surface area contributed by atoms with Crippen LogP contribution in [0.25, 0.3) is 22.2 Å². The Balaban J connectivity index is 1.85. The van der Waals surface area contributed by atoms with E-state index in [0.717, 1.165) is 33.8 Å². The number of halogens is 3. The summed E-state index contributed by atoms with van der Waals surface area (Å²) in [4.78, 5) is 7.41. The molecule has 1 aliphatic rings. The number of H-pyrrole nitrogens is 1. The van der Waals surface area contributed by atoms with E-state index in [0.29, 0.717) is 11.7 Å². The first-order chi connectivity index (χ1) is 12.6. The van der Waals surface area contributed by atoms with Crippen LogP contribution in [0, 0.1) is 17.5 Å². The van der Waals surface area contributed by atoms with Gasteiger partial charge in [-0.2, -0.15) is 0 Å². The summed E-state index contributed by atoms with van der Waals surface area (Å²) in [7, 11) is 0. The molecule has 0 radical (unpaired) electrons. The van der Waals surface area contributed by atoms with E-state index in [9.17, 15) is 13.2 Å². The molecule has 5 rings (SSSR count). The number of aromatic amines is 1. The van der Waals surface area contributed by atoms with E-state index in [1.54, 1.807) is 12.4 Å². The quantitative estimate of drug-likeness (QED) is 0.465. The Morgan fingerprint density at radius 2 is 1.65 bits per heavy atom. The topological polar surface area (TPSA) is 40.7 Å². The second-order valence-corrected chi connectivity index (χ2v) is 6.24. The number of rotatable bonds is 1. The van der Waals surface area contributed by atoms with Gasteiger partial charge in [-0.25, -0.2) is 18.2 Å². The predicted octanol–water partition coefficient (Wildman–Crippen LogP) is 5.16. The Morgan fingerprint density at radius 1 is 0.846 bits per heavy atom. The van der Waals surface area contributed by atoms with Crippen LogP contribution < -0.4 is 5.32 Å². The van der Waals surface area contributed by atoms with Crippen molar-refractivity contribution in [3.05, 3.63) is 83.4 Å². The maximum Gasteiger partial charge on any atom is 0.161 e. The normalized spacial score (nSPS) is 15.4. The van der Waals surface area contributed by atoms with E-state index in [4.69, 9.17) is 0 Å². The van der Waals surface area contributed by atoms with Crippen molar-refractivity contribution >= 4 is 16.7 Å². The molecule has 6 heteroatoms. The van der Waals surface area contributed by atoms with E-state index in [1.165, 1.54) is 0 Å². The lowest BCUT2D eigenvalue weighted by Crippen LogP contribution is -2.14. The highest BCUT2D eigenvalue weighted by atomic mass is 19.2. The molecule has 4 aromatic rings. The lowest BCUT2D eigenvalue weighted by molar-refractivity contribution is 0.489. The van der Waals surface area contributed by atoms with Crippen LogP contribution in [-0.4, -0.2) is 9.97 Å². The molecule has 2 aromatic heterocycles. The first kappa shape index (κ1) is 15.0. The first-order valence-electron chi connectivity index (χ1n) is 8.10. The highest BCUT2D eigenvalue weighted by Crippen LogP contribution is 2.43. The lowest BCUT2D eigenvalue weighted by atomic mass is 9.96. The van der Waals surface area contributed by atoms with Gasteiger partial charge in [-0.15, -0.1) is 0 Å². The van der Waals surface area contributed by atoms with Crippen molar-refractivity contribution in [2.45, 2.75) is 6.04 Å². The summed E-state index contributed by atoms with van der Waals surface area (Å²) in [5.74, 6) is -3.10. The van der Waals surface area contributed by atoms with Crippen LogP contribution in [0.2, 0.25) is 0 Å². The minimum absolute atomic E-state index is 0.0382. The average molecular weight is 351 g/mol. The van der Waals surface area contributed by atoms with E-state index >= 15 is 0 Å². The molecule has 1 atom stereocenters. The molecule has 0 fully saturated rings. The minimum atomic E-state index is -1.21. The Kier molecular flexibility index (Phi) is 3.09. The molecule has 128 valence electrons. The number of hydrogen-bond donors (Lipinski definition) is 2. The average Bonchev–Trinajstić information content (AvgIpc) is 3.01. The van der Waals surface area contributed by atoms with Gasteiger partial charge < -0.3 is 10.3 Å².